The molecule has 0 saturated carbocycles. The van der Waals surface area contributed by atoms with Crippen LogP contribution in [-0.2, 0) is 24.3 Å². The van der Waals surface area contributed by atoms with Gasteiger partial charge in [0.05, 0.1) is 6.54 Å². The number of benzene rings is 1. The molecule has 1 aromatic heterocycles. The number of carbonyl (C=O) groups excluding carboxylic acids is 1. The molecule has 1 aliphatic heterocycles. The number of rotatable bonds is 2. The maximum atomic E-state index is 12.0. The summed E-state index contributed by atoms with van der Waals surface area (Å²) in [6.07, 6.45) is 2.54. The lowest BCUT2D eigenvalue weighted by Crippen LogP contribution is -2.36. The van der Waals surface area contributed by atoms with Crippen LogP contribution in [0.1, 0.15) is 16.8 Å². The van der Waals surface area contributed by atoms with Crippen molar-refractivity contribution < 1.29 is 9.53 Å². The van der Waals surface area contributed by atoms with Crippen LogP contribution in [0.2, 0.25) is 0 Å². The summed E-state index contributed by atoms with van der Waals surface area (Å²) in [6, 6.07) is 11.8. The van der Waals surface area contributed by atoms with Gasteiger partial charge in [-0.25, -0.2) is 4.79 Å². The molecule has 4 nitrogen and oxygen atoms in total. The SMILES string of the molecule is O=C(OCc1ccccc1)N1CCc2[nH]ccc2C1. The maximum absolute atomic E-state index is 12.0. The van der Waals surface area contributed by atoms with Crippen LogP contribution < -0.4 is 0 Å². The minimum atomic E-state index is -0.240. The zero-order valence-electron chi connectivity index (χ0n) is 10.6. The van der Waals surface area contributed by atoms with Gasteiger partial charge < -0.3 is 14.6 Å². The molecule has 98 valence electrons. The molecule has 1 amide bonds. The third-order valence-corrected chi connectivity index (χ3v) is 3.39. The summed E-state index contributed by atoms with van der Waals surface area (Å²) in [5.74, 6) is 0. The van der Waals surface area contributed by atoms with Crippen LogP contribution in [0.15, 0.2) is 42.6 Å². The molecular weight excluding hydrogens is 240 g/mol. The van der Waals surface area contributed by atoms with Crippen molar-refractivity contribution in [2.24, 2.45) is 0 Å². The highest BCUT2D eigenvalue weighted by Gasteiger charge is 2.22. The van der Waals surface area contributed by atoms with Crippen LogP contribution in [0.3, 0.4) is 0 Å². The van der Waals surface area contributed by atoms with Gasteiger partial charge in [0, 0.05) is 24.9 Å². The maximum Gasteiger partial charge on any atom is 0.410 e. The lowest BCUT2D eigenvalue weighted by molar-refractivity contribution is 0.0918. The molecule has 0 spiro atoms. The first kappa shape index (κ1) is 11.8. The van der Waals surface area contributed by atoms with E-state index < -0.39 is 0 Å². The topological polar surface area (TPSA) is 45.3 Å². The molecule has 3 rings (SSSR count). The van der Waals surface area contributed by atoms with Gasteiger partial charge in [-0.05, 0) is 17.2 Å². The van der Waals surface area contributed by atoms with E-state index in [4.69, 9.17) is 4.74 Å². The summed E-state index contributed by atoms with van der Waals surface area (Å²) in [5.41, 5.74) is 3.42. The van der Waals surface area contributed by atoms with Gasteiger partial charge in [-0.3, -0.25) is 0 Å². The molecule has 0 saturated heterocycles. The highest BCUT2D eigenvalue weighted by Crippen LogP contribution is 2.18. The second-order valence-corrected chi connectivity index (χ2v) is 4.69. The number of ether oxygens (including phenoxy) is 1. The summed E-state index contributed by atoms with van der Waals surface area (Å²) >= 11 is 0. The van der Waals surface area contributed by atoms with E-state index in [1.807, 2.05) is 42.6 Å². The predicted molar refractivity (Wildman–Crippen MR) is 71.5 cm³/mol. The molecule has 0 radical (unpaired) electrons. The average molecular weight is 256 g/mol. The molecule has 1 N–H and O–H groups in total. The Labute approximate surface area is 112 Å². The van der Waals surface area contributed by atoms with Crippen molar-refractivity contribution in [3.63, 3.8) is 0 Å². The van der Waals surface area contributed by atoms with E-state index in [2.05, 4.69) is 4.98 Å². The van der Waals surface area contributed by atoms with Crippen LogP contribution in [0.25, 0.3) is 0 Å². The van der Waals surface area contributed by atoms with Crippen LogP contribution in [-0.4, -0.2) is 22.5 Å². The fourth-order valence-electron chi connectivity index (χ4n) is 2.31. The molecule has 2 aromatic rings. The number of hydrogen-bond acceptors (Lipinski definition) is 2. The Morgan fingerprint density at radius 2 is 2.11 bits per heavy atom. The van der Waals surface area contributed by atoms with E-state index >= 15 is 0 Å². The minimum absolute atomic E-state index is 0.240. The van der Waals surface area contributed by atoms with E-state index in [1.165, 1.54) is 11.3 Å². The lowest BCUT2D eigenvalue weighted by Gasteiger charge is -2.26. The van der Waals surface area contributed by atoms with Crippen LogP contribution >= 0.6 is 0 Å². The fourth-order valence-corrected chi connectivity index (χ4v) is 2.31. The van der Waals surface area contributed by atoms with E-state index in [0.717, 1.165) is 12.0 Å². The van der Waals surface area contributed by atoms with E-state index in [1.54, 1.807) is 4.90 Å². The number of carbonyl (C=O) groups is 1. The van der Waals surface area contributed by atoms with Gasteiger partial charge in [-0.1, -0.05) is 30.3 Å². The zero-order chi connectivity index (χ0) is 13.1. The van der Waals surface area contributed by atoms with Gasteiger partial charge in [0.1, 0.15) is 6.61 Å². The molecule has 0 unspecified atom stereocenters. The van der Waals surface area contributed by atoms with Crippen molar-refractivity contribution >= 4 is 6.09 Å². The number of hydrogen-bond donors (Lipinski definition) is 1. The Kier molecular flexibility index (Phi) is 3.23. The Balaban J connectivity index is 1.57. The quantitative estimate of drug-likeness (QED) is 0.898. The summed E-state index contributed by atoms with van der Waals surface area (Å²) in [7, 11) is 0. The monoisotopic (exact) mass is 256 g/mol. The molecular formula is C15H16N2O2. The van der Waals surface area contributed by atoms with Crippen molar-refractivity contribution in [2.75, 3.05) is 6.54 Å². The summed E-state index contributed by atoms with van der Waals surface area (Å²) < 4.78 is 5.34. The van der Waals surface area contributed by atoms with Gasteiger partial charge in [0.15, 0.2) is 0 Å². The van der Waals surface area contributed by atoms with Crippen molar-refractivity contribution in [3.8, 4) is 0 Å². The largest absolute Gasteiger partial charge is 0.445 e. The van der Waals surface area contributed by atoms with Crippen LogP contribution in [0.4, 0.5) is 4.79 Å². The molecule has 1 aliphatic rings. The predicted octanol–water partition coefficient (Wildman–Crippen LogP) is 2.71. The second-order valence-electron chi connectivity index (χ2n) is 4.69. The van der Waals surface area contributed by atoms with Crippen LogP contribution in [0, 0.1) is 0 Å². The first-order valence-corrected chi connectivity index (χ1v) is 6.44. The van der Waals surface area contributed by atoms with Gasteiger partial charge in [0.25, 0.3) is 0 Å². The van der Waals surface area contributed by atoms with Crippen molar-refractivity contribution in [1.29, 1.82) is 0 Å². The molecule has 0 bridgehead atoms. The number of nitrogens with one attached hydrogen (secondary N) is 1. The highest BCUT2D eigenvalue weighted by molar-refractivity contribution is 5.68. The summed E-state index contributed by atoms with van der Waals surface area (Å²) in [6.45, 7) is 1.67. The van der Waals surface area contributed by atoms with E-state index in [9.17, 15) is 4.79 Å². The van der Waals surface area contributed by atoms with Gasteiger partial charge in [-0.2, -0.15) is 0 Å². The number of fused-ring (bicyclic) bond motifs is 1. The number of H-pyrrole nitrogens is 1. The number of nitrogens with zero attached hydrogens (tertiary/aromatic N) is 1. The number of amides is 1. The third kappa shape index (κ3) is 2.62. The minimum Gasteiger partial charge on any atom is -0.445 e. The summed E-state index contributed by atoms with van der Waals surface area (Å²) in [4.78, 5) is 16.9. The lowest BCUT2D eigenvalue weighted by atomic mass is 10.1. The Morgan fingerprint density at radius 3 is 2.95 bits per heavy atom. The normalized spacial score (nSPS) is 14.0. The first-order chi connectivity index (χ1) is 9.33. The Morgan fingerprint density at radius 1 is 1.26 bits per heavy atom. The average Bonchev–Trinajstić information content (AvgIpc) is 2.93. The highest BCUT2D eigenvalue weighted by atomic mass is 16.6. The molecule has 2 heterocycles. The Bertz CT molecular complexity index is 563. The van der Waals surface area contributed by atoms with E-state index in [-0.39, 0.29) is 6.09 Å². The second kappa shape index (κ2) is 5.18. The smallest absolute Gasteiger partial charge is 0.410 e. The zero-order valence-corrected chi connectivity index (χ0v) is 10.6. The van der Waals surface area contributed by atoms with E-state index in [0.29, 0.717) is 19.7 Å². The molecule has 0 atom stereocenters. The number of aromatic nitrogens is 1. The van der Waals surface area contributed by atoms with Crippen LogP contribution in [0.5, 0.6) is 0 Å². The van der Waals surface area contributed by atoms with Gasteiger partial charge in [-0.15, -0.1) is 0 Å². The molecule has 1 aromatic carbocycles. The third-order valence-electron chi connectivity index (χ3n) is 3.39. The first-order valence-electron chi connectivity index (χ1n) is 6.44. The van der Waals surface area contributed by atoms with Gasteiger partial charge >= 0.3 is 6.09 Å². The molecule has 0 aliphatic carbocycles. The fraction of sp³-hybridized carbons (Fsp3) is 0.267. The van der Waals surface area contributed by atoms with Crippen molar-refractivity contribution in [3.05, 3.63) is 59.4 Å². The standard InChI is InChI=1S/C15H16N2O2/c18-15(19-11-12-4-2-1-3-5-12)17-9-7-14-13(10-17)6-8-16-14/h1-6,8,16H,7,9-11H2. The van der Waals surface area contributed by atoms with Crippen molar-refractivity contribution in [1.82, 2.24) is 9.88 Å². The Hall–Kier alpha value is -2.23. The molecule has 19 heavy (non-hydrogen) atoms. The summed E-state index contributed by atoms with van der Waals surface area (Å²) in [5, 5.41) is 0. The molecule has 0 fully saturated rings. The number of aromatic amines is 1. The molecule has 4 heteroatoms. The van der Waals surface area contributed by atoms with Gasteiger partial charge in [0.2, 0.25) is 0 Å². The van der Waals surface area contributed by atoms with Crippen molar-refractivity contribution in [2.45, 2.75) is 19.6 Å².